The summed E-state index contributed by atoms with van der Waals surface area (Å²) in [7, 11) is 0. The molecular formula is C13H10ClN3. The minimum Gasteiger partial charge on any atom is -0.353 e. The van der Waals surface area contributed by atoms with Crippen molar-refractivity contribution in [1.29, 1.82) is 5.26 Å². The Bertz CT molecular complexity index is 587. The lowest BCUT2D eigenvalue weighted by Gasteiger charge is -2.10. The second-order valence-corrected chi connectivity index (χ2v) is 3.98. The lowest BCUT2D eigenvalue weighted by molar-refractivity contribution is 1.20. The number of benzene rings is 1. The minimum atomic E-state index is 0.521. The zero-order chi connectivity index (χ0) is 12.3. The van der Waals surface area contributed by atoms with Gasteiger partial charge >= 0.3 is 0 Å². The summed E-state index contributed by atoms with van der Waals surface area (Å²) in [6.07, 6.45) is 1.74. The highest BCUT2D eigenvalue weighted by molar-refractivity contribution is 6.33. The van der Waals surface area contributed by atoms with E-state index in [0.29, 0.717) is 10.6 Å². The number of hydrogen-bond acceptors (Lipinski definition) is 3. The van der Waals surface area contributed by atoms with Gasteiger partial charge in [0.1, 0.15) is 0 Å². The van der Waals surface area contributed by atoms with Crippen LogP contribution < -0.4 is 5.32 Å². The summed E-state index contributed by atoms with van der Waals surface area (Å²) < 4.78 is 0. The smallest absolute Gasteiger partial charge is 0.0992 e. The normalized spacial score (nSPS) is 9.71. The fourth-order valence-corrected chi connectivity index (χ4v) is 1.68. The molecule has 0 spiro atoms. The van der Waals surface area contributed by atoms with Crippen LogP contribution in [-0.2, 0) is 0 Å². The van der Waals surface area contributed by atoms with Crippen LogP contribution in [0.1, 0.15) is 11.3 Å². The van der Waals surface area contributed by atoms with Crippen LogP contribution in [-0.4, -0.2) is 4.98 Å². The molecule has 1 aromatic heterocycles. The fourth-order valence-electron chi connectivity index (χ4n) is 1.45. The van der Waals surface area contributed by atoms with E-state index in [-0.39, 0.29) is 0 Å². The van der Waals surface area contributed by atoms with Crippen molar-refractivity contribution in [1.82, 2.24) is 4.98 Å². The molecule has 0 aliphatic rings. The van der Waals surface area contributed by atoms with Crippen molar-refractivity contribution in [2.75, 3.05) is 5.32 Å². The second-order valence-electron chi connectivity index (χ2n) is 3.57. The number of nitriles is 1. The van der Waals surface area contributed by atoms with Crippen LogP contribution >= 0.6 is 11.6 Å². The molecule has 0 saturated carbocycles. The monoisotopic (exact) mass is 243 g/mol. The molecule has 4 heteroatoms. The van der Waals surface area contributed by atoms with Gasteiger partial charge < -0.3 is 5.32 Å². The van der Waals surface area contributed by atoms with E-state index in [1.807, 2.05) is 25.1 Å². The van der Waals surface area contributed by atoms with E-state index in [2.05, 4.69) is 10.3 Å². The molecule has 84 valence electrons. The minimum absolute atomic E-state index is 0.521. The molecule has 1 aromatic carbocycles. The highest BCUT2D eigenvalue weighted by atomic mass is 35.5. The van der Waals surface area contributed by atoms with Crippen LogP contribution in [0.4, 0.5) is 11.4 Å². The Hall–Kier alpha value is -2.05. The Morgan fingerprint density at radius 3 is 2.76 bits per heavy atom. The van der Waals surface area contributed by atoms with E-state index < -0.39 is 0 Å². The predicted octanol–water partition coefficient (Wildman–Crippen LogP) is 3.66. The summed E-state index contributed by atoms with van der Waals surface area (Å²) >= 11 is 6.08. The van der Waals surface area contributed by atoms with Crippen LogP contribution in [0.25, 0.3) is 0 Å². The third-order valence-corrected chi connectivity index (χ3v) is 2.69. The fraction of sp³-hybridized carbons (Fsp3) is 0.0769. The van der Waals surface area contributed by atoms with Gasteiger partial charge in [-0.25, -0.2) is 0 Å². The second kappa shape index (κ2) is 4.86. The van der Waals surface area contributed by atoms with Crippen molar-refractivity contribution in [2.24, 2.45) is 0 Å². The first-order valence-electron chi connectivity index (χ1n) is 5.09. The van der Waals surface area contributed by atoms with Gasteiger partial charge in [-0.05, 0) is 37.3 Å². The van der Waals surface area contributed by atoms with Gasteiger partial charge in [0.05, 0.1) is 33.7 Å². The number of pyridine rings is 1. The van der Waals surface area contributed by atoms with E-state index in [4.69, 9.17) is 16.9 Å². The molecule has 0 radical (unpaired) electrons. The maximum Gasteiger partial charge on any atom is 0.0992 e. The van der Waals surface area contributed by atoms with Gasteiger partial charge in [-0.15, -0.1) is 0 Å². The molecule has 1 heterocycles. The topological polar surface area (TPSA) is 48.7 Å². The Kier molecular flexibility index (Phi) is 3.27. The first kappa shape index (κ1) is 11.4. The van der Waals surface area contributed by atoms with E-state index >= 15 is 0 Å². The number of rotatable bonds is 2. The molecule has 0 unspecified atom stereocenters. The van der Waals surface area contributed by atoms with Crippen molar-refractivity contribution in [3.8, 4) is 6.07 Å². The molecule has 0 bridgehead atoms. The van der Waals surface area contributed by atoms with Crippen LogP contribution in [0.15, 0.2) is 36.5 Å². The first-order chi connectivity index (χ1) is 8.20. The van der Waals surface area contributed by atoms with Crippen molar-refractivity contribution < 1.29 is 0 Å². The van der Waals surface area contributed by atoms with Gasteiger partial charge in [0.15, 0.2) is 0 Å². The van der Waals surface area contributed by atoms with E-state index in [9.17, 15) is 0 Å². The molecule has 17 heavy (non-hydrogen) atoms. The quantitative estimate of drug-likeness (QED) is 0.876. The van der Waals surface area contributed by atoms with Crippen molar-refractivity contribution in [3.05, 3.63) is 52.8 Å². The lowest BCUT2D eigenvalue weighted by atomic mass is 10.2. The predicted molar refractivity (Wildman–Crippen MR) is 68.4 cm³/mol. The van der Waals surface area contributed by atoms with Crippen molar-refractivity contribution >= 4 is 23.0 Å². The zero-order valence-electron chi connectivity index (χ0n) is 9.24. The Morgan fingerprint density at radius 2 is 2.12 bits per heavy atom. The summed E-state index contributed by atoms with van der Waals surface area (Å²) in [5, 5.41) is 12.5. The highest BCUT2D eigenvalue weighted by Gasteiger charge is 2.04. The summed E-state index contributed by atoms with van der Waals surface area (Å²) in [6.45, 7) is 1.92. The van der Waals surface area contributed by atoms with Crippen LogP contribution in [0.2, 0.25) is 5.02 Å². The molecule has 3 nitrogen and oxygen atoms in total. The molecule has 0 atom stereocenters. The molecular weight excluding hydrogens is 234 g/mol. The third-order valence-electron chi connectivity index (χ3n) is 2.37. The van der Waals surface area contributed by atoms with Crippen molar-refractivity contribution in [2.45, 2.75) is 6.92 Å². The first-order valence-corrected chi connectivity index (χ1v) is 5.47. The number of hydrogen-bond donors (Lipinski definition) is 1. The van der Waals surface area contributed by atoms with Gasteiger partial charge in [0.25, 0.3) is 0 Å². The van der Waals surface area contributed by atoms with Gasteiger partial charge in [-0.2, -0.15) is 5.26 Å². The zero-order valence-corrected chi connectivity index (χ0v) is 9.99. The molecule has 0 amide bonds. The van der Waals surface area contributed by atoms with E-state index in [1.54, 1.807) is 24.4 Å². The lowest BCUT2D eigenvalue weighted by Crippen LogP contribution is -1.95. The summed E-state index contributed by atoms with van der Waals surface area (Å²) in [5.41, 5.74) is 3.11. The van der Waals surface area contributed by atoms with E-state index in [0.717, 1.165) is 17.1 Å². The molecule has 2 rings (SSSR count). The summed E-state index contributed by atoms with van der Waals surface area (Å²) in [5.74, 6) is 0. The molecule has 0 aliphatic heterocycles. The Balaban J connectivity index is 2.32. The maximum atomic E-state index is 8.75. The SMILES string of the molecule is Cc1ncccc1Nc1ccc(C#N)cc1Cl. The number of aryl methyl sites for hydroxylation is 1. The van der Waals surface area contributed by atoms with Crippen LogP contribution in [0, 0.1) is 18.3 Å². The third kappa shape index (κ3) is 2.55. The molecule has 2 aromatic rings. The number of nitrogens with zero attached hydrogens (tertiary/aromatic N) is 2. The van der Waals surface area contributed by atoms with Gasteiger partial charge in [0.2, 0.25) is 0 Å². The number of aromatic nitrogens is 1. The highest BCUT2D eigenvalue weighted by Crippen LogP contribution is 2.27. The van der Waals surface area contributed by atoms with Crippen LogP contribution in [0.5, 0.6) is 0 Å². The number of anilines is 2. The van der Waals surface area contributed by atoms with Crippen LogP contribution in [0.3, 0.4) is 0 Å². The molecule has 0 saturated heterocycles. The number of nitrogens with one attached hydrogen (secondary N) is 1. The largest absolute Gasteiger partial charge is 0.353 e. The average molecular weight is 244 g/mol. The molecule has 1 N–H and O–H groups in total. The Labute approximate surface area is 105 Å². The standard InChI is InChI=1S/C13H10ClN3/c1-9-12(3-2-6-16-9)17-13-5-4-10(8-15)7-11(13)14/h2-7,17H,1H3. The van der Waals surface area contributed by atoms with Gasteiger partial charge in [0, 0.05) is 6.20 Å². The summed E-state index contributed by atoms with van der Waals surface area (Å²) in [4.78, 5) is 4.18. The maximum absolute atomic E-state index is 8.75. The molecule has 0 aliphatic carbocycles. The molecule has 0 fully saturated rings. The Morgan fingerprint density at radius 1 is 1.29 bits per heavy atom. The van der Waals surface area contributed by atoms with Gasteiger partial charge in [-0.3, -0.25) is 4.98 Å². The summed E-state index contributed by atoms with van der Waals surface area (Å²) in [6, 6.07) is 11.0. The van der Waals surface area contributed by atoms with Crippen molar-refractivity contribution in [3.63, 3.8) is 0 Å². The van der Waals surface area contributed by atoms with E-state index in [1.165, 1.54) is 0 Å². The average Bonchev–Trinajstić information content (AvgIpc) is 2.34. The van der Waals surface area contributed by atoms with Gasteiger partial charge in [-0.1, -0.05) is 11.6 Å². The number of halogens is 1.